The summed E-state index contributed by atoms with van der Waals surface area (Å²) in [6.07, 6.45) is 0. The quantitative estimate of drug-likeness (QED) is 0.529. The highest BCUT2D eigenvalue weighted by molar-refractivity contribution is 5.80. The minimum absolute atomic E-state index is 0. The van der Waals surface area contributed by atoms with Crippen molar-refractivity contribution in [2.45, 2.75) is 28.2 Å². The van der Waals surface area contributed by atoms with Gasteiger partial charge in [0.15, 0.2) is 0 Å². The van der Waals surface area contributed by atoms with E-state index in [1.807, 2.05) is 20.8 Å². The molecule has 0 heterocycles. The van der Waals surface area contributed by atoms with Crippen LogP contribution in [0.1, 0.15) is 28.2 Å². The van der Waals surface area contributed by atoms with Crippen molar-refractivity contribution in [2.75, 3.05) is 7.05 Å². The maximum atomic E-state index is 10.7. The molecule has 0 aliphatic carbocycles. The first-order valence-corrected chi connectivity index (χ1v) is 2.70. The second-order valence-corrected chi connectivity index (χ2v) is 2.83. The third kappa shape index (κ3) is 4.01. The summed E-state index contributed by atoms with van der Waals surface area (Å²) in [7, 11) is 1.65. The molecule has 0 rings (SSSR count). The van der Waals surface area contributed by atoms with Crippen molar-refractivity contribution in [3.05, 3.63) is 0 Å². The molecule has 1 amide bonds. The van der Waals surface area contributed by atoms with Crippen molar-refractivity contribution in [1.29, 1.82) is 0 Å². The molecule has 0 aromatic rings. The number of nitrogens with one attached hydrogen (secondary N) is 1. The highest BCUT2D eigenvalue weighted by atomic mass is 16.2. The van der Waals surface area contributed by atoms with Gasteiger partial charge < -0.3 is 5.32 Å². The van der Waals surface area contributed by atoms with Gasteiger partial charge in [0.25, 0.3) is 0 Å². The van der Waals surface area contributed by atoms with Gasteiger partial charge in [0, 0.05) is 12.5 Å². The minimum atomic E-state index is -0.241. The summed E-state index contributed by atoms with van der Waals surface area (Å²) < 4.78 is 0. The molecule has 2 nitrogen and oxygen atoms in total. The molecule has 1 N–H and O–H groups in total. The predicted molar refractivity (Wildman–Crippen MR) is 40.3 cm³/mol. The maximum Gasteiger partial charge on any atom is 0.225 e. The van der Waals surface area contributed by atoms with E-state index >= 15 is 0 Å². The average molecular weight is 131 g/mol. The molecular weight excluding hydrogens is 114 g/mol. The fourth-order valence-electron chi connectivity index (χ4n) is 0.375. The predicted octanol–water partition coefficient (Wildman–Crippen LogP) is 1.41. The Morgan fingerprint density at radius 1 is 1.33 bits per heavy atom. The molecule has 0 bridgehead atoms. The topological polar surface area (TPSA) is 29.1 Å². The number of hydrogen-bond donors (Lipinski definition) is 1. The number of carbonyl (C=O) groups is 1. The zero-order valence-corrected chi connectivity index (χ0v) is 5.91. The van der Waals surface area contributed by atoms with Crippen molar-refractivity contribution in [1.82, 2.24) is 5.32 Å². The molecule has 56 valence electrons. The van der Waals surface area contributed by atoms with Gasteiger partial charge in [-0.25, -0.2) is 0 Å². The van der Waals surface area contributed by atoms with Crippen LogP contribution in [0.4, 0.5) is 0 Å². The highest BCUT2D eigenvalue weighted by Gasteiger charge is 2.18. The van der Waals surface area contributed by atoms with E-state index in [9.17, 15) is 4.79 Å². The molecule has 0 fully saturated rings. The lowest BCUT2D eigenvalue weighted by atomic mass is 9.96. The van der Waals surface area contributed by atoms with E-state index < -0.39 is 0 Å². The monoisotopic (exact) mass is 131 g/mol. The molecule has 0 radical (unpaired) electrons. The van der Waals surface area contributed by atoms with Crippen LogP contribution >= 0.6 is 0 Å². The van der Waals surface area contributed by atoms with Crippen LogP contribution in [-0.4, -0.2) is 13.0 Å². The number of rotatable bonds is 0. The maximum absolute atomic E-state index is 10.7. The fraction of sp³-hybridized carbons (Fsp3) is 0.857. The van der Waals surface area contributed by atoms with Gasteiger partial charge in [0.1, 0.15) is 0 Å². The first-order valence-electron chi connectivity index (χ1n) is 2.70. The van der Waals surface area contributed by atoms with Gasteiger partial charge >= 0.3 is 0 Å². The van der Waals surface area contributed by atoms with Crippen molar-refractivity contribution in [3.8, 4) is 0 Å². The second kappa shape index (κ2) is 3.49. The van der Waals surface area contributed by atoms with Crippen LogP contribution < -0.4 is 5.32 Å². The molecular formula is C7H17NO. The molecule has 0 unspecified atom stereocenters. The Labute approximate surface area is 57.6 Å². The van der Waals surface area contributed by atoms with Crippen LogP contribution in [0.3, 0.4) is 0 Å². The number of hydrogen-bond acceptors (Lipinski definition) is 1. The van der Waals surface area contributed by atoms with Gasteiger partial charge in [-0.15, -0.1) is 0 Å². The van der Waals surface area contributed by atoms with E-state index in [2.05, 4.69) is 5.32 Å². The van der Waals surface area contributed by atoms with Crippen LogP contribution in [0.2, 0.25) is 0 Å². The summed E-state index contributed by atoms with van der Waals surface area (Å²) in [6.45, 7) is 5.64. The molecule has 2 heteroatoms. The Bertz CT molecular complexity index is 91.6. The Balaban J connectivity index is 0. The van der Waals surface area contributed by atoms with Crippen LogP contribution in [0.15, 0.2) is 0 Å². The Hall–Kier alpha value is -0.530. The lowest BCUT2D eigenvalue weighted by molar-refractivity contribution is -0.127. The molecule has 0 atom stereocenters. The van der Waals surface area contributed by atoms with Gasteiger partial charge in [-0.3, -0.25) is 4.79 Å². The molecule has 0 aromatic heterocycles. The van der Waals surface area contributed by atoms with E-state index in [4.69, 9.17) is 0 Å². The van der Waals surface area contributed by atoms with Gasteiger partial charge in [-0.1, -0.05) is 28.2 Å². The Morgan fingerprint density at radius 3 is 1.67 bits per heavy atom. The van der Waals surface area contributed by atoms with E-state index in [-0.39, 0.29) is 18.7 Å². The molecule has 0 aromatic carbocycles. The van der Waals surface area contributed by atoms with E-state index in [1.165, 1.54) is 0 Å². The van der Waals surface area contributed by atoms with Gasteiger partial charge in [0.05, 0.1) is 0 Å². The molecule has 0 saturated heterocycles. The summed E-state index contributed by atoms with van der Waals surface area (Å²) in [4.78, 5) is 10.7. The van der Waals surface area contributed by atoms with Crippen molar-refractivity contribution in [2.24, 2.45) is 5.41 Å². The summed E-state index contributed by atoms with van der Waals surface area (Å²) in [6, 6.07) is 0. The Morgan fingerprint density at radius 2 is 1.67 bits per heavy atom. The van der Waals surface area contributed by atoms with E-state index in [0.717, 1.165) is 0 Å². The largest absolute Gasteiger partial charge is 0.359 e. The van der Waals surface area contributed by atoms with E-state index in [0.29, 0.717) is 0 Å². The first kappa shape index (κ1) is 11.3. The SMILES string of the molecule is C.CNC(=O)C(C)(C)C. The standard InChI is InChI=1S/C6H13NO.CH4/c1-6(2,3)5(8)7-4;/h1-4H3,(H,7,8);1H4. The highest BCUT2D eigenvalue weighted by Crippen LogP contribution is 2.11. The van der Waals surface area contributed by atoms with Crippen LogP contribution in [0.5, 0.6) is 0 Å². The lowest BCUT2D eigenvalue weighted by Gasteiger charge is -2.14. The molecule has 0 spiro atoms. The smallest absolute Gasteiger partial charge is 0.225 e. The number of amides is 1. The lowest BCUT2D eigenvalue weighted by Crippen LogP contribution is -2.31. The van der Waals surface area contributed by atoms with Crippen LogP contribution in [0.25, 0.3) is 0 Å². The zero-order chi connectivity index (χ0) is 6.78. The normalized spacial score (nSPS) is 9.78. The molecule has 0 saturated carbocycles. The van der Waals surface area contributed by atoms with Gasteiger partial charge in [0.2, 0.25) is 5.91 Å². The Kier molecular flexibility index (Phi) is 4.37. The van der Waals surface area contributed by atoms with Gasteiger partial charge in [-0.2, -0.15) is 0 Å². The van der Waals surface area contributed by atoms with Crippen molar-refractivity contribution >= 4 is 5.91 Å². The van der Waals surface area contributed by atoms with Crippen molar-refractivity contribution < 1.29 is 4.79 Å². The molecule has 0 aliphatic rings. The molecule has 9 heavy (non-hydrogen) atoms. The fourth-order valence-corrected chi connectivity index (χ4v) is 0.375. The van der Waals surface area contributed by atoms with E-state index in [1.54, 1.807) is 7.05 Å². The summed E-state index contributed by atoms with van der Waals surface area (Å²) in [5.41, 5.74) is -0.241. The zero-order valence-electron chi connectivity index (χ0n) is 5.91. The first-order chi connectivity index (χ1) is 3.48. The number of carbonyl (C=O) groups excluding carboxylic acids is 1. The van der Waals surface area contributed by atoms with Crippen molar-refractivity contribution in [3.63, 3.8) is 0 Å². The third-order valence-electron chi connectivity index (χ3n) is 0.908. The summed E-state index contributed by atoms with van der Waals surface area (Å²) in [5, 5.41) is 2.57. The van der Waals surface area contributed by atoms with Gasteiger partial charge in [-0.05, 0) is 0 Å². The van der Waals surface area contributed by atoms with Crippen LogP contribution in [-0.2, 0) is 4.79 Å². The average Bonchev–Trinajstić information content (AvgIpc) is 1.62. The third-order valence-corrected chi connectivity index (χ3v) is 0.908. The second-order valence-electron chi connectivity index (χ2n) is 2.83. The summed E-state index contributed by atoms with van der Waals surface area (Å²) in [5.74, 6) is 0.0810. The molecule has 0 aliphatic heterocycles. The summed E-state index contributed by atoms with van der Waals surface area (Å²) >= 11 is 0. The van der Waals surface area contributed by atoms with Crippen LogP contribution in [0, 0.1) is 5.41 Å². The minimum Gasteiger partial charge on any atom is -0.359 e.